The number of carbonyl (C=O) groups is 1. The third-order valence-corrected chi connectivity index (χ3v) is 3.62. The lowest BCUT2D eigenvalue weighted by atomic mass is 10.1. The smallest absolute Gasteiger partial charge is 0.176 e. The van der Waals surface area contributed by atoms with E-state index in [1.165, 1.54) is 12.1 Å². The summed E-state index contributed by atoms with van der Waals surface area (Å²) in [4.78, 5) is 16.3. The zero-order valence-electron chi connectivity index (χ0n) is 12.0. The minimum atomic E-state index is -0.354. The highest BCUT2D eigenvalue weighted by Crippen LogP contribution is 2.19. The fourth-order valence-corrected chi connectivity index (χ4v) is 2.69. The molecule has 2 unspecified atom stereocenters. The molecule has 2 atom stereocenters. The van der Waals surface area contributed by atoms with E-state index in [4.69, 9.17) is 0 Å². The van der Waals surface area contributed by atoms with Crippen molar-refractivity contribution < 1.29 is 15.0 Å². The number of phenolic OH excluding ortho intramolecular Hbond substituents is 1. The van der Waals surface area contributed by atoms with Crippen LogP contribution in [0.5, 0.6) is 5.75 Å². The number of benzene rings is 1. The van der Waals surface area contributed by atoms with E-state index in [9.17, 15) is 15.0 Å². The van der Waals surface area contributed by atoms with Crippen molar-refractivity contribution >= 4 is 5.78 Å². The molecule has 0 radical (unpaired) electrons. The van der Waals surface area contributed by atoms with E-state index in [0.29, 0.717) is 25.1 Å². The highest BCUT2D eigenvalue weighted by molar-refractivity contribution is 5.97. The van der Waals surface area contributed by atoms with E-state index < -0.39 is 0 Å². The molecule has 2 N–H and O–H groups in total. The summed E-state index contributed by atoms with van der Waals surface area (Å²) in [5.41, 5.74) is 0.591. The third kappa shape index (κ3) is 3.79. The highest BCUT2D eigenvalue weighted by atomic mass is 16.3. The molecule has 1 aliphatic heterocycles. The van der Waals surface area contributed by atoms with Crippen molar-refractivity contribution in [1.82, 2.24) is 9.80 Å². The van der Waals surface area contributed by atoms with Gasteiger partial charge in [0.25, 0.3) is 0 Å². The number of aliphatic hydroxyl groups is 1. The van der Waals surface area contributed by atoms with Gasteiger partial charge in [0.2, 0.25) is 0 Å². The average molecular weight is 278 g/mol. The summed E-state index contributed by atoms with van der Waals surface area (Å²) in [7, 11) is 3.98. The Balaban J connectivity index is 2.00. The molecule has 1 aromatic carbocycles. The van der Waals surface area contributed by atoms with Crippen LogP contribution in [0.2, 0.25) is 0 Å². The molecule has 0 saturated carbocycles. The second-order valence-electron chi connectivity index (χ2n) is 5.71. The summed E-state index contributed by atoms with van der Waals surface area (Å²) in [5, 5.41) is 19.0. The minimum Gasteiger partial charge on any atom is -0.508 e. The van der Waals surface area contributed by atoms with Crippen molar-refractivity contribution in [3.63, 3.8) is 0 Å². The van der Waals surface area contributed by atoms with Crippen LogP contribution < -0.4 is 0 Å². The van der Waals surface area contributed by atoms with Crippen LogP contribution in [0.15, 0.2) is 24.3 Å². The molecule has 1 heterocycles. The standard InChI is InChI=1S/C15H22N2O3/c1-16(2)8-12-7-14(19)9-17(12)10-15(20)11-3-5-13(18)6-4-11/h3-6,12,14,18-19H,7-10H2,1-2H3. The lowest BCUT2D eigenvalue weighted by Crippen LogP contribution is -2.40. The Morgan fingerprint density at radius 3 is 2.60 bits per heavy atom. The van der Waals surface area contributed by atoms with E-state index in [1.54, 1.807) is 12.1 Å². The lowest BCUT2D eigenvalue weighted by Gasteiger charge is -2.25. The molecule has 0 amide bonds. The first-order chi connectivity index (χ1) is 9.45. The first kappa shape index (κ1) is 15.0. The van der Waals surface area contributed by atoms with Crippen molar-refractivity contribution in [2.45, 2.75) is 18.6 Å². The number of carbonyl (C=O) groups excluding carboxylic acids is 1. The minimum absolute atomic E-state index is 0.0165. The number of likely N-dealkylation sites (N-methyl/N-ethyl adjacent to an activating group) is 1. The number of phenols is 1. The molecule has 20 heavy (non-hydrogen) atoms. The monoisotopic (exact) mass is 278 g/mol. The Hall–Kier alpha value is -1.43. The van der Waals surface area contributed by atoms with E-state index in [0.717, 1.165) is 6.54 Å². The average Bonchev–Trinajstić information content (AvgIpc) is 2.69. The molecular formula is C15H22N2O3. The molecule has 1 saturated heterocycles. The van der Waals surface area contributed by atoms with Gasteiger partial charge in [-0.05, 0) is 44.8 Å². The number of ketones is 1. The van der Waals surface area contributed by atoms with Gasteiger partial charge >= 0.3 is 0 Å². The number of hydrogen-bond acceptors (Lipinski definition) is 5. The Morgan fingerprint density at radius 2 is 2.00 bits per heavy atom. The number of aromatic hydroxyl groups is 1. The number of hydrogen-bond donors (Lipinski definition) is 2. The number of nitrogens with zero attached hydrogens (tertiary/aromatic N) is 2. The maximum Gasteiger partial charge on any atom is 0.176 e. The Morgan fingerprint density at radius 1 is 1.35 bits per heavy atom. The van der Waals surface area contributed by atoms with Crippen molar-refractivity contribution in [2.24, 2.45) is 0 Å². The Kier molecular flexibility index (Phi) is 4.75. The molecule has 5 nitrogen and oxygen atoms in total. The van der Waals surface area contributed by atoms with E-state index in [-0.39, 0.29) is 23.7 Å². The maximum atomic E-state index is 12.2. The molecule has 110 valence electrons. The van der Waals surface area contributed by atoms with Gasteiger partial charge in [0.15, 0.2) is 5.78 Å². The number of Topliss-reactive ketones (excluding diaryl/α,β-unsaturated/α-hetero) is 1. The zero-order chi connectivity index (χ0) is 14.7. The summed E-state index contributed by atoms with van der Waals surface area (Å²) in [6, 6.07) is 6.50. The number of β-amino-alcohol motifs (C(OH)–C–C–N with tert-alkyl or cyclic N) is 1. The molecule has 0 spiro atoms. The molecule has 2 rings (SSSR count). The molecule has 0 bridgehead atoms. The van der Waals surface area contributed by atoms with Gasteiger partial charge in [-0.15, -0.1) is 0 Å². The van der Waals surface area contributed by atoms with Gasteiger partial charge in [-0.3, -0.25) is 9.69 Å². The normalized spacial score (nSPS) is 23.4. The predicted molar refractivity (Wildman–Crippen MR) is 77.0 cm³/mol. The summed E-state index contributed by atoms with van der Waals surface area (Å²) in [6.45, 7) is 1.68. The SMILES string of the molecule is CN(C)CC1CC(O)CN1CC(=O)c1ccc(O)cc1. The van der Waals surface area contributed by atoms with Crippen LogP contribution in [0, 0.1) is 0 Å². The van der Waals surface area contributed by atoms with Crippen LogP contribution in [0.25, 0.3) is 0 Å². The van der Waals surface area contributed by atoms with Crippen LogP contribution >= 0.6 is 0 Å². The van der Waals surface area contributed by atoms with Crippen LogP contribution in [0.4, 0.5) is 0 Å². The largest absolute Gasteiger partial charge is 0.508 e. The molecule has 0 aliphatic carbocycles. The summed E-state index contributed by atoms with van der Waals surface area (Å²) in [5.74, 6) is 0.173. The number of rotatable bonds is 5. The maximum absolute atomic E-state index is 12.2. The first-order valence-corrected chi connectivity index (χ1v) is 6.85. The second-order valence-corrected chi connectivity index (χ2v) is 5.71. The molecule has 1 aromatic rings. The molecule has 0 aromatic heterocycles. The van der Waals surface area contributed by atoms with Crippen molar-refractivity contribution in [3.8, 4) is 5.75 Å². The number of likely N-dealkylation sites (tertiary alicyclic amines) is 1. The summed E-state index contributed by atoms with van der Waals surface area (Å²) in [6.07, 6.45) is 0.355. The fraction of sp³-hybridized carbons (Fsp3) is 0.533. The molecular weight excluding hydrogens is 256 g/mol. The van der Waals surface area contributed by atoms with Gasteiger partial charge < -0.3 is 15.1 Å². The van der Waals surface area contributed by atoms with Crippen molar-refractivity contribution in [2.75, 3.05) is 33.7 Å². The van der Waals surface area contributed by atoms with Crippen LogP contribution in [-0.4, -0.2) is 71.7 Å². The molecule has 5 heteroatoms. The quantitative estimate of drug-likeness (QED) is 0.771. The topological polar surface area (TPSA) is 64.0 Å². The van der Waals surface area contributed by atoms with E-state index in [2.05, 4.69) is 4.90 Å². The third-order valence-electron chi connectivity index (χ3n) is 3.62. The molecule has 1 aliphatic rings. The van der Waals surface area contributed by atoms with Crippen molar-refractivity contribution in [3.05, 3.63) is 29.8 Å². The second kappa shape index (κ2) is 6.35. The first-order valence-electron chi connectivity index (χ1n) is 6.85. The highest BCUT2D eigenvalue weighted by Gasteiger charge is 2.32. The van der Waals surface area contributed by atoms with Crippen molar-refractivity contribution in [1.29, 1.82) is 0 Å². The van der Waals surface area contributed by atoms with Crippen LogP contribution in [0.1, 0.15) is 16.8 Å². The number of aliphatic hydroxyl groups excluding tert-OH is 1. The van der Waals surface area contributed by atoms with Gasteiger partial charge in [-0.25, -0.2) is 0 Å². The van der Waals surface area contributed by atoms with Gasteiger partial charge in [-0.1, -0.05) is 0 Å². The fourth-order valence-electron chi connectivity index (χ4n) is 2.69. The van der Waals surface area contributed by atoms with Gasteiger partial charge in [0.1, 0.15) is 5.75 Å². The summed E-state index contributed by atoms with van der Waals surface area (Å²) < 4.78 is 0. The van der Waals surface area contributed by atoms with Gasteiger partial charge in [-0.2, -0.15) is 0 Å². The van der Waals surface area contributed by atoms with E-state index in [1.807, 2.05) is 19.0 Å². The van der Waals surface area contributed by atoms with E-state index >= 15 is 0 Å². The Bertz CT molecular complexity index is 459. The van der Waals surface area contributed by atoms with Gasteiger partial charge in [0.05, 0.1) is 12.6 Å². The summed E-state index contributed by atoms with van der Waals surface area (Å²) >= 11 is 0. The van der Waals surface area contributed by atoms with Crippen LogP contribution in [-0.2, 0) is 0 Å². The van der Waals surface area contributed by atoms with Gasteiger partial charge in [0, 0.05) is 24.7 Å². The molecule has 1 fully saturated rings. The Labute approximate surface area is 119 Å². The van der Waals surface area contributed by atoms with Crippen LogP contribution in [0.3, 0.4) is 0 Å². The predicted octanol–water partition coefficient (Wildman–Crippen LogP) is 0.572. The zero-order valence-corrected chi connectivity index (χ0v) is 12.0. The lowest BCUT2D eigenvalue weighted by molar-refractivity contribution is 0.0902.